The molecule has 0 saturated carbocycles. The van der Waals surface area contributed by atoms with Crippen molar-refractivity contribution in [1.82, 2.24) is 14.5 Å². The van der Waals surface area contributed by atoms with Crippen LogP contribution in [0, 0.1) is 0 Å². The first-order chi connectivity index (χ1) is 14.7. The van der Waals surface area contributed by atoms with Crippen LogP contribution >= 0.6 is 11.8 Å². The van der Waals surface area contributed by atoms with Gasteiger partial charge in [0.2, 0.25) is 5.91 Å². The number of aromatic nitrogens is 3. The van der Waals surface area contributed by atoms with Crippen molar-refractivity contribution in [2.75, 3.05) is 18.2 Å². The molecule has 154 valence electrons. The van der Waals surface area contributed by atoms with Crippen molar-refractivity contribution < 1.29 is 9.53 Å². The van der Waals surface area contributed by atoms with E-state index < -0.39 is 0 Å². The molecule has 0 atom stereocenters. The number of nitrogens with zero attached hydrogens (tertiary/aromatic N) is 3. The zero-order valence-corrected chi connectivity index (χ0v) is 17.4. The maximum absolute atomic E-state index is 12.7. The minimum atomic E-state index is -0.297. The lowest BCUT2D eigenvalue weighted by molar-refractivity contribution is -0.113. The molecular formula is C22H22N4O3S. The lowest BCUT2D eigenvalue weighted by Gasteiger charge is -2.14. The summed E-state index contributed by atoms with van der Waals surface area (Å²) in [6.45, 7) is 0.411. The highest BCUT2D eigenvalue weighted by Crippen LogP contribution is 2.30. The monoisotopic (exact) mass is 422 g/mol. The Morgan fingerprint density at radius 3 is 2.83 bits per heavy atom. The summed E-state index contributed by atoms with van der Waals surface area (Å²) in [5.41, 5.74) is 3.23. The molecule has 3 aromatic rings. The van der Waals surface area contributed by atoms with Crippen LogP contribution in [-0.2, 0) is 24.2 Å². The summed E-state index contributed by atoms with van der Waals surface area (Å²) in [5, 5.41) is 3.51. The van der Waals surface area contributed by atoms with Gasteiger partial charge in [-0.2, -0.15) is 4.98 Å². The Bertz CT molecular complexity index is 1120. The molecule has 0 spiro atoms. The van der Waals surface area contributed by atoms with Gasteiger partial charge in [-0.15, -0.1) is 0 Å². The van der Waals surface area contributed by atoms with E-state index in [1.54, 1.807) is 30.0 Å². The van der Waals surface area contributed by atoms with Crippen LogP contribution in [-0.4, -0.2) is 33.3 Å². The van der Waals surface area contributed by atoms with E-state index in [0.717, 1.165) is 36.2 Å². The first-order valence-electron chi connectivity index (χ1n) is 9.74. The maximum Gasteiger partial charge on any atom is 0.349 e. The van der Waals surface area contributed by atoms with E-state index in [9.17, 15) is 9.59 Å². The average Bonchev–Trinajstić information content (AvgIpc) is 3.26. The van der Waals surface area contributed by atoms with Gasteiger partial charge in [-0.3, -0.25) is 14.3 Å². The van der Waals surface area contributed by atoms with Crippen molar-refractivity contribution >= 4 is 23.4 Å². The molecule has 0 bridgehead atoms. The van der Waals surface area contributed by atoms with E-state index in [1.807, 2.05) is 30.3 Å². The highest BCUT2D eigenvalue weighted by Gasteiger charge is 2.23. The second kappa shape index (κ2) is 9.13. The number of thioether (sulfide) groups is 1. The minimum absolute atomic E-state index is 0.168. The van der Waals surface area contributed by atoms with Gasteiger partial charge in [0.15, 0.2) is 0 Å². The van der Waals surface area contributed by atoms with E-state index in [1.165, 1.54) is 11.8 Å². The summed E-state index contributed by atoms with van der Waals surface area (Å²) in [6.07, 6.45) is 4.39. The van der Waals surface area contributed by atoms with Gasteiger partial charge in [-0.1, -0.05) is 30.0 Å². The van der Waals surface area contributed by atoms with Crippen LogP contribution in [0.5, 0.6) is 5.75 Å². The number of pyridine rings is 1. The topological polar surface area (TPSA) is 86.1 Å². The molecule has 1 N–H and O–H groups in total. The van der Waals surface area contributed by atoms with Crippen molar-refractivity contribution in [3.63, 3.8) is 0 Å². The van der Waals surface area contributed by atoms with Crippen molar-refractivity contribution in [3.8, 4) is 5.75 Å². The smallest absolute Gasteiger partial charge is 0.349 e. The number of nitrogens with one attached hydrogen (secondary N) is 1. The molecule has 8 heteroatoms. The fourth-order valence-electron chi connectivity index (χ4n) is 3.59. The molecule has 0 fully saturated rings. The predicted octanol–water partition coefficient (Wildman–Crippen LogP) is 2.91. The highest BCUT2D eigenvalue weighted by atomic mass is 32.2. The minimum Gasteiger partial charge on any atom is -0.495 e. The molecule has 4 rings (SSSR count). The molecule has 0 aliphatic heterocycles. The summed E-state index contributed by atoms with van der Waals surface area (Å²) >= 11 is 1.30. The predicted molar refractivity (Wildman–Crippen MR) is 116 cm³/mol. The molecule has 1 aromatic carbocycles. The van der Waals surface area contributed by atoms with Crippen LogP contribution in [0.15, 0.2) is 58.5 Å². The molecule has 1 amide bonds. The average molecular weight is 423 g/mol. The van der Waals surface area contributed by atoms with E-state index >= 15 is 0 Å². The molecule has 2 heterocycles. The number of amides is 1. The van der Waals surface area contributed by atoms with Crippen LogP contribution in [0.4, 0.5) is 5.69 Å². The number of carbonyl (C=O) groups is 1. The summed E-state index contributed by atoms with van der Waals surface area (Å²) in [6, 6.07) is 12.9. The second-order valence-electron chi connectivity index (χ2n) is 6.92. The van der Waals surface area contributed by atoms with Gasteiger partial charge in [-0.25, -0.2) is 4.79 Å². The van der Waals surface area contributed by atoms with E-state index in [0.29, 0.717) is 23.0 Å². The number of rotatable bonds is 7. The van der Waals surface area contributed by atoms with E-state index in [2.05, 4.69) is 15.3 Å². The third kappa shape index (κ3) is 4.38. The van der Waals surface area contributed by atoms with Gasteiger partial charge in [0.1, 0.15) is 10.8 Å². The first kappa shape index (κ1) is 20.2. The third-order valence-electron chi connectivity index (χ3n) is 4.97. The fourth-order valence-corrected chi connectivity index (χ4v) is 4.47. The molecule has 0 radical (unpaired) electrons. The summed E-state index contributed by atoms with van der Waals surface area (Å²) in [4.78, 5) is 33.8. The normalized spacial score (nSPS) is 12.4. The van der Waals surface area contributed by atoms with Crippen molar-refractivity contribution in [2.24, 2.45) is 0 Å². The zero-order chi connectivity index (χ0) is 20.9. The number of para-hydroxylation sites is 2. The van der Waals surface area contributed by atoms with Gasteiger partial charge in [0.25, 0.3) is 0 Å². The number of benzene rings is 1. The van der Waals surface area contributed by atoms with Crippen molar-refractivity contribution in [2.45, 2.75) is 30.8 Å². The summed E-state index contributed by atoms with van der Waals surface area (Å²) in [7, 11) is 1.56. The molecule has 2 aromatic heterocycles. The molecule has 30 heavy (non-hydrogen) atoms. The Morgan fingerprint density at radius 1 is 1.20 bits per heavy atom. The summed E-state index contributed by atoms with van der Waals surface area (Å²) in [5.74, 6) is 0.601. The van der Waals surface area contributed by atoms with Crippen molar-refractivity contribution in [3.05, 3.63) is 76.1 Å². The highest BCUT2D eigenvalue weighted by molar-refractivity contribution is 8.00. The van der Waals surface area contributed by atoms with Gasteiger partial charge < -0.3 is 10.1 Å². The Kier molecular flexibility index (Phi) is 6.13. The molecule has 1 aliphatic carbocycles. The lowest BCUT2D eigenvalue weighted by atomic mass is 10.2. The second-order valence-corrected chi connectivity index (χ2v) is 7.89. The van der Waals surface area contributed by atoms with Crippen molar-refractivity contribution in [1.29, 1.82) is 0 Å². The Labute approximate surface area is 178 Å². The van der Waals surface area contributed by atoms with Gasteiger partial charge >= 0.3 is 5.69 Å². The number of fused-ring (bicyclic) bond motifs is 1. The number of carbonyl (C=O) groups excluding carboxylic acids is 1. The number of hydrogen-bond donors (Lipinski definition) is 1. The molecule has 0 unspecified atom stereocenters. The van der Waals surface area contributed by atoms with E-state index in [4.69, 9.17) is 4.74 Å². The van der Waals surface area contributed by atoms with Crippen LogP contribution in [0.3, 0.4) is 0 Å². The molecular weight excluding hydrogens is 400 g/mol. The lowest BCUT2D eigenvalue weighted by Crippen LogP contribution is -2.28. The number of hydrogen-bond acceptors (Lipinski definition) is 6. The van der Waals surface area contributed by atoms with Gasteiger partial charge in [-0.05, 0) is 43.5 Å². The summed E-state index contributed by atoms with van der Waals surface area (Å²) < 4.78 is 6.98. The third-order valence-corrected chi connectivity index (χ3v) is 5.99. The SMILES string of the molecule is COc1ccccc1NC(=O)CSc1nc(=O)n(Cc2ccccn2)c2c1CCC2. The fraction of sp³-hybridized carbons (Fsp3) is 0.273. The standard InChI is InChI=1S/C22H22N4O3S/c1-29-19-11-3-2-9-17(19)24-20(27)14-30-21-16-8-6-10-18(16)26(22(28)25-21)13-15-7-4-5-12-23-15/h2-5,7,9,11-12H,6,8,10,13-14H2,1H3,(H,24,27). The number of anilines is 1. The zero-order valence-electron chi connectivity index (χ0n) is 16.6. The number of methoxy groups -OCH3 is 1. The quantitative estimate of drug-likeness (QED) is 0.465. The van der Waals surface area contributed by atoms with Crippen LogP contribution in [0.25, 0.3) is 0 Å². The molecule has 0 saturated heterocycles. The van der Waals surface area contributed by atoms with Crippen LogP contribution < -0.4 is 15.7 Å². The largest absolute Gasteiger partial charge is 0.495 e. The Balaban J connectivity index is 1.50. The molecule has 7 nitrogen and oxygen atoms in total. The molecule has 1 aliphatic rings. The Morgan fingerprint density at radius 2 is 2.03 bits per heavy atom. The first-order valence-corrected chi connectivity index (χ1v) is 10.7. The van der Waals surface area contributed by atoms with Crippen LogP contribution in [0.2, 0.25) is 0 Å². The van der Waals surface area contributed by atoms with Gasteiger partial charge in [0.05, 0.1) is 30.8 Å². The van der Waals surface area contributed by atoms with Gasteiger partial charge in [0, 0.05) is 17.5 Å². The Hall–Kier alpha value is -3.13. The maximum atomic E-state index is 12.7. The van der Waals surface area contributed by atoms with E-state index in [-0.39, 0.29) is 17.3 Å². The number of ether oxygens (including phenoxy) is 1. The van der Waals surface area contributed by atoms with Crippen LogP contribution in [0.1, 0.15) is 23.4 Å².